The van der Waals surface area contributed by atoms with Gasteiger partial charge in [-0.05, 0) is 66.3 Å². The quantitative estimate of drug-likeness (QED) is 0.607. The molecule has 0 bridgehead atoms. The van der Waals surface area contributed by atoms with Gasteiger partial charge in [-0.1, -0.05) is 0 Å². The molecule has 0 aromatic carbocycles. The molecule has 0 aliphatic heterocycles. The topological polar surface area (TPSA) is 77.6 Å². The maximum Gasteiger partial charge on any atom is 0.269 e. The first-order chi connectivity index (χ1) is 11.4. The number of pyridine rings is 1. The van der Waals surface area contributed by atoms with Crippen LogP contribution in [0, 0.1) is 0 Å². The Bertz CT molecular complexity index is 467. The van der Waals surface area contributed by atoms with Crippen LogP contribution in [0.5, 0.6) is 0 Å². The van der Waals surface area contributed by atoms with Crippen molar-refractivity contribution in [2.75, 3.05) is 54.4 Å². The van der Waals surface area contributed by atoms with Crippen molar-refractivity contribution in [3.63, 3.8) is 0 Å². The maximum absolute atomic E-state index is 12.0. The summed E-state index contributed by atoms with van der Waals surface area (Å²) in [7, 11) is 7.98. The van der Waals surface area contributed by atoms with Gasteiger partial charge < -0.3 is 20.4 Å². The van der Waals surface area contributed by atoms with Gasteiger partial charge in [-0.3, -0.25) is 14.6 Å². The second-order valence-electron chi connectivity index (χ2n) is 6.26. The Morgan fingerprint density at radius 2 is 1.46 bits per heavy atom. The molecule has 0 saturated heterocycles. The van der Waals surface area contributed by atoms with Gasteiger partial charge >= 0.3 is 0 Å². The maximum atomic E-state index is 12.0. The summed E-state index contributed by atoms with van der Waals surface area (Å²) in [6.07, 6.45) is 3.21. The molecule has 0 spiro atoms. The van der Waals surface area contributed by atoms with Crippen LogP contribution in [0.3, 0.4) is 0 Å². The first-order valence-electron chi connectivity index (χ1n) is 8.22. The smallest absolute Gasteiger partial charge is 0.269 e. The molecule has 24 heavy (non-hydrogen) atoms. The molecule has 0 fully saturated rings. The minimum Gasteiger partial charge on any atom is -0.352 e. The predicted molar refractivity (Wildman–Crippen MR) is 95.2 cm³/mol. The number of hydrogen-bond donors (Lipinski definition) is 2. The Balaban J connectivity index is 2.38. The standard InChI is InChI=1S/C17H29N5O2/c1-21(2)11-5-9-18-16(23)14-7-8-15(20-13-14)17(24)19-10-6-12-22(3)4/h7-8,13H,5-6,9-12H2,1-4H3,(H,18,23)(H,19,24). The lowest BCUT2D eigenvalue weighted by atomic mass is 10.2. The molecule has 2 N–H and O–H groups in total. The van der Waals surface area contributed by atoms with Gasteiger partial charge in [0.1, 0.15) is 5.69 Å². The van der Waals surface area contributed by atoms with E-state index in [9.17, 15) is 9.59 Å². The summed E-state index contributed by atoms with van der Waals surface area (Å²) in [5.74, 6) is -0.383. The minimum absolute atomic E-state index is 0.167. The summed E-state index contributed by atoms with van der Waals surface area (Å²) >= 11 is 0. The summed E-state index contributed by atoms with van der Waals surface area (Å²) < 4.78 is 0. The Kier molecular flexibility index (Phi) is 8.96. The number of amides is 2. The Morgan fingerprint density at radius 3 is 1.92 bits per heavy atom. The van der Waals surface area contributed by atoms with E-state index >= 15 is 0 Å². The number of hydrogen-bond acceptors (Lipinski definition) is 5. The lowest BCUT2D eigenvalue weighted by Gasteiger charge is -2.10. The molecular formula is C17H29N5O2. The highest BCUT2D eigenvalue weighted by molar-refractivity contribution is 5.96. The third-order valence-corrected chi connectivity index (χ3v) is 3.39. The second-order valence-corrected chi connectivity index (χ2v) is 6.26. The van der Waals surface area contributed by atoms with Gasteiger partial charge in [0.15, 0.2) is 0 Å². The fraction of sp³-hybridized carbons (Fsp3) is 0.588. The Labute approximate surface area is 144 Å². The van der Waals surface area contributed by atoms with Crippen LogP contribution in [-0.4, -0.2) is 81.0 Å². The van der Waals surface area contributed by atoms with Gasteiger partial charge in [-0.2, -0.15) is 0 Å². The number of carbonyl (C=O) groups is 2. The molecule has 0 radical (unpaired) electrons. The molecular weight excluding hydrogens is 306 g/mol. The summed E-state index contributed by atoms with van der Waals surface area (Å²) in [6.45, 7) is 3.06. The minimum atomic E-state index is -0.216. The number of nitrogens with zero attached hydrogens (tertiary/aromatic N) is 3. The number of carbonyl (C=O) groups excluding carboxylic acids is 2. The molecule has 1 rings (SSSR count). The highest BCUT2D eigenvalue weighted by Gasteiger charge is 2.09. The van der Waals surface area contributed by atoms with E-state index in [4.69, 9.17) is 0 Å². The third kappa shape index (κ3) is 8.03. The molecule has 7 heteroatoms. The molecule has 0 saturated carbocycles. The highest BCUT2D eigenvalue weighted by atomic mass is 16.2. The van der Waals surface area contributed by atoms with Crippen LogP contribution in [0.1, 0.15) is 33.7 Å². The van der Waals surface area contributed by atoms with Crippen molar-refractivity contribution in [1.29, 1.82) is 0 Å². The number of aromatic nitrogens is 1. The fourth-order valence-electron chi connectivity index (χ4n) is 2.05. The van der Waals surface area contributed by atoms with E-state index in [2.05, 4.69) is 25.4 Å². The van der Waals surface area contributed by atoms with Gasteiger partial charge in [-0.15, -0.1) is 0 Å². The summed E-state index contributed by atoms with van der Waals surface area (Å²) in [5, 5.41) is 5.67. The van der Waals surface area contributed by atoms with Crippen molar-refractivity contribution in [3.8, 4) is 0 Å². The SMILES string of the molecule is CN(C)CCCNC(=O)c1ccc(C(=O)NCCCN(C)C)nc1. The first kappa shape index (κ1) is 20.1. The van der Waals surface area contributed by atoms with Crippen molar-refractivity contribution in [2.45, 2.75) is 12.8 Å². The molecule has 1 aromatic rings. The zero-order valence-corrected chi connectivity index (χ0v) is 15.1. The van der Waals surface area contributed by atoms with Crippen molar-refractivity contribution in [3.05, 3.63) is 29.6 Å². The van der Waals surface area contributed by atoms with Crippen molar-refractivity contribution < 1.29 is 9.59 Å². The molecule has 1 heterocycles. The van der Waals surface area contributed by atoms with E-state index in [0.29, 0.717) is 24.3 Å². The van der Waals surface area contributed by atoms with Crippen molar-refractivity contribution >= 4 is 11.8 Å². The Hall–Kier alpha value is -1.99. The average molecular weight is 335 g/mol. The van der Waals surface area contributed by atoms with Gasteiger partial charge in [-0.25, -0.2) is 0 Å². The number of nitrogens with one attached hydrogen (secondary N) is 2. The first-order valence-corrected chi connectivity index (χ1v) is 8.22. The fourth-order valence-corrected chi connectivity index (χ4v) is 2.05. The van der Waals surface area contributed by atoms with Crippen LogP contribution in [-0.2, 0) is 0 Å². The van der Waals surface area contributed by atoms with Gasteiger partial charge in [0.05, 0.1) is 5.56 Å². The lowest BCUT2D eigenvalue weighted by Crippen LogP contribution is -2.29. The molecule has 2 amide bonds. The molecule has 0 aliphatic carbocycles. The lowest BCUT2D eigenvalue weighted by molar-refractivity contribution is 0.0936. The largest absolute Gasteiger partial charge is 0.352 e. The van der Waals surface area contributed by atoms with Crippen LogP contribution in [0.2, 0.25) is 0 Å². The normalized spacial score (nSPS) is 10.9. The highest BCUT2D eigenvalue weighted by Crippen LogP contribution is 2.01. The van der Waals surface area contributed by atoms with E-state index in [0.717, 1.165) is 25.9 Å². The van der Waals surface area contributed by atoms with E-state index in [1.165, 1.54) is 6.20 Å². The zero-order valence-electron chi connectivity index (χ0n) is 15.1. The predicted octanol–water partition coefficient (Wildman–Crippen LogP) is 0.445. The summed E-state index contributed by atoms with van der Waals surface area (Å²) in [5.41, 5.74) is 0.785. The molecule has 1 aromatic heterocycles. The molecule has 134 valence electrons. The van der Waals surface area contributed by atoms with E-state index in [1.807, 2.05) is 28.2 Å². The van der Waals surface area contributed by atoms with Gasteiger partial charge in [0.25, 0.3) is 11.8 Å². The molecule has 0 aliphatic rings. The van der Waals surface area contributed by atoms with Crippen LogP contribution in [0.15, 0.2) is 18.3 Å². The molecule has 7 nitrogen and oxygen atoms in total. The number of rotatable bonds is 10. The second kappa shape index (κ2) is 10.7. The Morgan fingerprint density at radius 1 is 0.917 bits per heavy atom. The monoisotopic (exact) mass is 335 g/mol. The van der Waals surface area contributed by atoms with Crippen molar-refractivity contribution in [1.82, 2.24) is 25.4 Å². The van der Waals surface area contributed by atoms with Crippen LogP contribution < -0.4 is 10.6 Å². The van der Waals surface area contributed by atoms with Crippen LogP contribution in [0.25, 0.3) is 0 Å². The van der Waals surface area contributed by atoms with Crippen LogP contribution in [0.4, 0.5) is 0 Å². The summed E-state index contributed by atoms with van der Waals surface area (Å²) in [6, 6.07) is 3.21. The molecule has 0 unspecified atom stereocenters. The van der Waals surface area contributed by atoms with Gasteiger partial charge in [0, 0.05) is 19.3 Å². The van der Waals surface area contributed by atoms with E-state index in [-0.39, 0.29) is 11.8 Å². The zero-order chi connectivity index (χ0) is 17.9. The van der Waals surface area contributed by atoms with Crippen molar-refractivity contribution in [2.24, 2.45) is 0 Å². The third-order valence-electron chi connectivity index (χ3n) is 3.39. The summed E-state index contributed by atoms with van der Waals surface area (Å²) in [4.78, 5) is 32.1. The molecule has 0 atom stereocenters. The van der Waals surface area contributed by atoms with E-state index in [1.54, 1.807) is 12.1 Å². The average Bonchev–Trinajstić information content (AvgIpc) is 2.55. The van der Waals surface area contributed by atoms with E-state index < -0.39 is 0 Å². The van der Waals surface area contributed by atoms with Gasteiger partial charge in [0.2, 0.25) is 0 Å². The van der Waals surface area contributed by atoms with Crippen LogP contribution >= 0.6 is 0 Å².